The number of amides is 1. The number of carbonyl (C=O) groups excluding carboxylic acids is 1. The maximum atomic E-state index is 11.9. The van der Waals surface area contributed by atoms with E-state index in [9.17, 15) is 18.3 Å². The van der Waals surface area contributed by atoms with E-state index in [0.29, 0.717) is 0 Å². The molecule has 0 aromatic heterocycles. The number of aliphatic hydroxyl groups excluding tert-OH is 1. The van der Waals surface area contributed by atoms with Crippen LogP contribution in [-0.4, -0.2) is 59.8 Å². The summed E-state index contributed by atoms with van der Waals surface area (Å²) in [5, 5.41) is 9.46. The van der Waals surface area contributed by atoms with E-state index in [2.05, 4.69) is 0 Å². The summed E-state index contributed by atoms with van der Waals surface area (Å²) in [5.74, 6) is -0.199. The Morgan fingerprint density at radius 3 is 2.33 bits per heavy atom. The van der Waals surface area contributed by atoms with E-state index >= 15 is 0 Å². The van der Waals surface area contributed by atoms with Crippen LogP contribution in [0.3, 0.4) is 0 Å². The van der Waals surface area contributed by atoms with Crippen molar-refractivity contribution < 1.29 is 23.1 Å². The highest BCUT2D eigenvalue weighted by Gasteiger charge is 2.60. The van der Waals surface area contributed by atoms with Crippen molar-refractivity contribution in [3.8, 4) is 0 Å². The quantitative estimate of drug-likeness (QED) is 0.681. The van der Waals surface area contributed by atoms with Crippen molar-refractivity contribution in [3.63, 3.8) is 0 Å². The molecule has 0 unspecified atom stereocenters. The van der Waals surface area contributed by atoms with Gasteiger partial charge in [0, 0.05) is 13.1 Å². The predicted octanol–water partition coefficient (Wildman–Crippen LogP) is 0.155. The van der Waals surface area contributed by atoms with Crippen molar-refractivity contribution in [1.29, 1.82) is 0 Å². The molecule has 0 aromatic carbocycles. The van der Waals surface area contributed by atoms with Crippen molar-refractivity contribution in [2.24, 2.45) is 0 Å². The van der Waals surface area contributed by atoms with E-state index in [0.717, 1.165) is 0 Å². The van der Waals surface area contributed by atoms with Gasteiger partial charge in [-0.15, -0.1) is 0 Å². The number of ether oxygens (including phenoxy) is 1. The molecular formula is C11H19NO5S. The van der Waals surface area contributed by atoms with E-state index in [1.54, 1.807) is 20.8 Å². The lowest BCUT2D eigenvalue weighted by Crippen LogP contribution is -2.66. The molecule has 0 aliphatic carbocycles. The summed E-state index contributed by atoms with van der Waals surface area (Å²) in [6, 6.07) is 0. The second-order valence-electron chi connectivity index (χ2n) is 6.16. The highest BCUT2D eigenvalue weighted by molar-refractivity contribution is 7.93. The molecule has 6 nitrogen and oxygen atoms in total. The molecule has 1 amide bonds. The molecule has 18 heavy (non-hydrogen) atoms. The Morgan fingerprint density at radius 1 is 1.39 bits per heavy atom. The zero-order chi connectivity index (χ0) is 13.8. The smallest absolute Gasteiger partial charge is 0.410 e. The molecule has 2 aliphatic heterocycles. The maximum Gasteiger partial charge on any atom is 0.410 e. The second-order valence-corrected chi connectivity index (χ2v) is 8.59. The lowest BCUT2D eigenvalue weighted by molar-refractivity contribution is 0.000292. The van der Waals surface area contributed by atoms with Gasteiger partial charge in [-0.05, 0) is 27.2 Å². The van der Waals surface area contributed by atoms with Crippen LogP contribution >= 0.6 is 0 Å². The summed E-state index contributed by atoms with van der Waals surface area (Å²) in [6.45, 7) is 5.53. The Hall–Kier alpha value is -0.820. The average Bonchev–Trinajstić information content (AvgIpc) is 2.28. The van der Waals surface area contributed by atoms with Crippen molar-refractivity contribution in [2.75, 3.05) is 18.8 Å². The highest BCUT2D eigenvalue weighted by atomic mass is 32.2. The van der Waals surface area contributed by atoms with Crippen molar-refractivity contribution in [2.45, 2.75) is 43.6 Å². The van der Waals surface area contributed by atoms with Gasteiger partial charge < -0.3 is 14.7 Å². The highest BCUT2D eigenvalue weighted by Crippen LogP contribution is 2.40. The lowest BCUT2D eigenvalue weighted by atomic mass is 9.93. The van der Waals surface area contributed by atoms with Gasteiger partial charge in [0.05, 0.1) is 11.9 Å². The van der Waals surface area contributed by atoms with Crippen LogP contribution in [0, 0.1) is 0 Å². The molecular weight excluding hydrogens is 258 g/mol. The van der Waals surface area contributed by atoms with Gasteiger partial charge >= 0.3 is 6.09 Å². The van der Waals surface area contributed by atoms with Crippen LogP contribution in [0.2, 0.25) is 0 Å². The molecule has 1 atom stereocenters. The molecule has 2 heterocycles. The normalized spacial score (nSPS) is 29.1. The zero-order valence-electron chi connectivity index (χ0n) is 10.8. The van der Waals surface area contributed by atoms with Gasteiger partial charge in [-0.25, -0.2) is 13.2 Å². The minimum Gasteiger partial charge on any atom is -0.444 e. The molecule has 2 saturated heterocycles. The van der Waals surface area contributed by atoms with Crippen molar-refractivity contribution >= 4 is 15.9 Å². The van der Waals surface area contributed by atoms with Crippen molar-refractivity contribution in [1.82, 2.24) is 4.90 Å². The molecule has 104 valence electrons. The molecule has 2 fully saturated rings. The predicted molar refractivity (Wildman–Crippen MR) is 64.9 cm³/mol. The summed E-state index contributed by atoms with van der Waals surface area (Å²) >= 11 is 0. The number of nitrogens with zero attached hydrogens (tertiary/aromatic N) is 1. The van der Waals surface area contributed by atoms with Gasteiger partial charge in [0.15, 0.2) is 9.84 Å². The third kappa shape index (κ3) is 2.21. The molecule has 1 N–H and O–H groups in total. The van der Waals surface area contributed by atoms with Crippen LogP contribution in [-0.2, 0) is 14.6 Å². The number of aliphatic hydroxyl groups is 1. The standard InChI is InChI=1S/C11H19NO5S/c1-10(2,3)17-9(14)12-6-11(7-12)4-8(13)5-18(11,15)16/h8,13H,4-7H2,1-3H3/t8-/m0/s1. The van der Waals surface area contributed by atoms with Gasteiger partial charge in [0.25, 0.3) is 0 Å². The number of carbonyl (C=O) groups is 1. The van der Waals surface area contributed by atoms with Crippen LogP contribution in [0.25, 0.3) is 0 Å². The first-order valence-corrected chi connectivity index (χ1v) is 7.58. The number of likely N-dealkylation sites (tertiary alicyclic amines) is 1. The minimum atomic E-state index is -3.31. The van der Waals surface area contributed by atoms with E-state index in [4.69, 9.17) is 4.74 Å². The Morgan fingerprint density at radius 2 is 1.94 bits per heavy atom. The van der Waals surface area contributed by atoms with Gasteiger partial charge in [-0.3, -0.25) is 0 Å². The van der Waals surface area contributed by atoms with Gasteiger partial charge in [0.1, 0.15) is 10.3 Å². The molecule has 1 spiro atoms. The molecule has 0 saturated carbocycles. The largest absolute Gasteiger partial charge is 0.444 e. The molecule has 0 bridgehead atoms. The Kier molecular flexibility index (Phi) is 2.90. The number of sulfone groups is 1. The summed E-state index contributed by atoms with van der Waals surface area (Å²) in [6.07, 6.45) is -1.09. The van der Waals surface area contributed by atoms with Gasteiger partial charge in [0.2, 0.25) is 0 Å². The van der Waals surface area contributed by atoms with Crippen LogP contribution in [0.4, 0.5) is 4.79 Å². The van der Waals surface area contributed by atoms with E-state index in [1.807, 2.05) is 0 Å². The fourth-order valence-electron chi connectivity index (χ4n) is 2.48. The topological polar surface area (TPSA) is 83.9 Å². The van der Waals surface area contributed by atoms with Gasteiger partial charge in [-0.2, -0.15) is 0 Å². The molecule has 2 aliphatic rings. The first-order chi connectivity index (χ1) is 8.05. The maximum absolute atomic E-state index is 11.9. The molecule has 0 radical (unpaired) electrons. The SMILES string of the molecule is CC(C)(C)OC(=O)N1CC2(C[C@H](O)CS2(=O)=O)C1. The summed E-state index contributed by atoms with van der Waals surface area (Å²) in [7, 11) is -3.31. The molecule has 0 aromatic rings. The summed E-state index contributed by atoms with van der Waals surface area (Å²) in [5.41, 5.74) is -0.589. The number of hydrogen-bond acceptors (Lipinski definition) is 5. The Bertz CT molecular complexity index is 458. The first-order valence-electron chi connectivity index (χ1n) is 5.93. The molecule has 2 rings (SSSR count). The Balaban J connectivity index is 2.00. The zero-order valence-corrected chi connectivity index (χ0v) is 11.7. The van der Waals surface area contributed by atoms with E-state index in [1.165, 1.54) is 4.90 Å². The third-order valence-electron chi connectivity index (χ3n) is 3.29. The van der Waals surface area contributed by atoms with Crippen molar-refractivity contribution in [3.05, 3.63) is 0 Å². The molecule has 7 heteroatoms. The van der Waals surface area contributed by atoms with Crippen LogP contribution in [0.1, 0.15) is 27.2 Å². The summed E-state index contributed by atoms with van der Waals surface area (Å²) < 4.78 is 28.0. The average molecular weight is 277 g/mol. The third-order valence-corrected chi connectivity index (χ3v) is 5.86. The Labute approximate surface area is 107 Å². The first kappa shape index (κ1) is 13.6. The van der Waals surface area contributed by atoms with Crippen LogP contribution in [0.5, 0.6) is 0 Å². The van der Waals surface area contributed by atoms with Crippen LogP contribution < -0.4 is 0 Å². The lowest BCUT2D eigenvalue weighted by Gasteiger charge is -2.46. The monoisotopic (exact) mass is 277 g/mol. The number of hydrogen-bond donors (Lipinski definition) is 1. The van der Waals surface area contributed by atoms with Crippen LogP contribution in [0.15, 0.2) is 0 Å². The fourth-order valence-corrected chi connectivity index (χ4v) is 4.61. The number of rotatable bonds is 0. The van der Waals surface area contributed by atoms with E-state index < -0.39 is 32.4 Å². The van der Waals surface area contributed by atoms with E-state index in [-0.39, 0.29) is 25.3 Å². The summed E-state index contributed by atoms with van der Waals surface area (Å²) in [4.78, 5) is 13.1. The second kappa shape index (κ2) is 3.84. The fraction of sp³-hybridized carbons (Fsp3) is 0.909. The van der Waals surface area contributed by atoms with Gasteiger partial charge in [-0.1, -0.05) is 0 Å². The minimum absolute atomic E-state index is 0.126.